The molecule has 2 saturated heterocycles. The molecule has 0 radical (unpaired) electrons. The largest absolute Gasteiger partial charge is 0.508 e. The van der Waals surface area contributed by atoms with Crippen LogP contribution in [0.4, 0.5) is 5.69 Å². The van der Waals surface area contributed by atoms with E-state index in [9.17, 15) is 5.11 Å². The molecule has 2 aromatic carbocycles. The number of hydrogen-bond acceptors (Lipinski definition) is 7. The van der Waals surface area contributed by atoms with E-state index in [1.54, 1.807) is 6.07 Å². The monoisotopic (exact) mass is 516 g/mol. The van der Waals surface area contributed by atoms with Crippen molar-refractivity contribution in [2.45, 2.75) is 70.1 Å². The first kappa shape index (κ1) is 26.9. The zero-order valence-electron chi connectivity index (χ0n) is 23.7. The van der Waals surface area contributed by atoms with Crippen LogP contribution in [-0.4, -0.2) is 77.2 Å². The first-order valence-corrected chi connectivity index (χ1v) is 14.3. The van der Waals surface area contributed by atoms with Crippen LogP contribution in [0.25, 0.3) is 10.9 Å². The number of phenolic OH excluding ortho intramolecular Hbond substituents is 1. The van der Waals surface area contributed by atoms with Gasteiger partial charge in [-0.25, -0.2) is 9.97 Å². The quantitative estimate of drug-likeness (QED) is 0.462. The molecule has 2 N–H and O–H groups in total. The van der Waals surface area contributed by atoms with E-state index >= 15 is 0 Å². The normalized spacial score (nSPS) is 23.2. The minimum atomic E-state index is -0.0721. The van der Waals surface area contributed by atoms with Crippen molar-refractivity contribution in [3.05, 3.63) is 60.0 Å². The third-order valence-corrected chi connectivity index (χ3v) is 8.66. The Labute approximate surface area is 227 Å². The van der Waals surface area contributed by atoms with Gasteiger partial charge in [0.1, 0.15) is 11.6 Å². The third kappa shape index (κ3) is 5.37. The zero-order chi connectivity index (χ0) is 26.9. The van der Waals surface area contributed by atoms with Gasteiger partial charge >= 0.3 is 0 Å². The molecule has 204 valence electrons. The molecular formula is C31H44N6O. The van der Waals surface area contributed by atoms with Crippen molar-refractivity contribution < 1.29 is 5.11 Å². The predicted octanol–water partition coefficient (Wildman–Crippen LogP) is 4.92. The Balaban J connectivity index is 1.34. The summed E-state index contributed by atoms with van der Waals surface area (Å²) >= 11 is 0. The SMILES string of the molecule is CCCC(c1ncc2cc(N3CCC(c4cccc(O)c4)(N(C)C)CC3)ccc2n1)N1C[C@@H](C)N[C@@H](C)C1. The third-order valence-electron chi connectivity index (χ3n) is 8.66. The number of fused-ring (bicyclic) bond motifs is 1. The van der Waals surface area contributed by atoms with Crippen LogP contribution in [0.1, 0.15) is 63.9 Å². The summed E-state index contributed by atoms with van der Waals surface area (Å²) in [5.41, 5.74) is 3.37. The van der Waals surface area contributed by atoms with Crippen LogP contribution in [0.3, 0.4) is 0 Å². The van der Waals surface area contributed by atoms with Gasteiger partial charge in [-0.15, -0.1) is 0 Å². The minimum absolute atomic E-state index is 0.0721. The van der Waals surface area contributed by atoms with E-state index in [4.69, 9.17) is 9.97 Å². The molecule has 3 atom stereocenters. The molecule has 0 aliphatic carbocycles. The second kappa shape index (κ2) is 11.2. The average Bonchev–Trinajstić information content (AvgIpc) is 2.90. The first-order valence-electron chi connectivity index (χ1n) is 14.3. The van der Waals surface area contributed by atoms with Gasteiger partial charge in [0.05, 0.1) is 11.6 Å². The number of aromatic nitrogens is 2. The molecule has 3 aromatic rings. The van der Waals surface area contributed by atoms with Gasteiger partial charge in [-0.3, -0.25) is 9.80 Å². The predicted molar refractivity (Wildman–Crippen MR) is 156 cm³/mol. The van der Waals surface area contributed by atoms with Crippen LogP contribution in [0.2, 0.25) is 0 Å². The molecule has 0 saturated carbocycles. The zero-order valence-corrected chi connectivity index (χ0v) is 23.7. The van der Waals surface area contributed by atoms with Gasteiger partial charge in [-0.1, -0.05) is 25.5 Å². The van der Waals surface area contributed by atoms with Crippen molar-refractivity contribution >= 4 is 16.6 Å². The maximum atomic E-state index is 10.1. The van der Waals surface area contributed by atoms with Crippen LogP contribution in [0.5, 0.6) is 5.75 Å². The van der Waals surface area contributed by atoms with E-state index in [0.717, 1.165) is 68.6 Å². The average molecular weight is 517 g/mol. The second-order valence-electron chi connectivity index (χ2n) is 11.7. The highest BCUT2D eigenvalue weighted by atomic mass is 16.3. The minimum Gasteiger partial charge on any atom is -0.508 e. The summed E-state index contributed by atoms with van der Waals surface area (Å²) in [7, 11) is 4.30. The van der Waals surface area contributed by atoms with Crippen molar-refractivity contribution in [1.29, 1.82) is 0 Å². The maximum Gasteiger partial charge on any atom is 0.146 e. The van der Waals surface area contributed by atoms with Crippen molar-refractivity contribution in [2.24, 2.45) is 0 Å². The summed E-state index contributed by atoms with van der Waals surface area (Å²) in [5.74, 6) is 1.29. The maximum absolute atomic E-state index is 10.1. The fourth-order valence-electron chi connectivity index (χ4n) is 6.69. The number of hydrogen-bond donors (Lipinski definition) is 2. The molecule has 38 heavy (non-hydrogen) atoms. The van der Waals surface area contributed by atoms with Gasteiger partial charge in [0, 0.05) is 61.1 Å². The molecule has 0 spiro atoms. The van der Waals surface area contributed by atoms with Crippen LogP contribution in [0, 0.1) is 0 Å². The Morgan fingerprint density at radius 3 is 2.47 bits per heavy atom. The van der Waals surface area contributed by atoms with Gasteiger partial charge in [0.25, 0.3) is 0 Å². The lowest BCUT2D eigenvalue weighted by atomic mass is 9.79. The fourth-order valence-corrected chi connectivity index (χ4v) is 6.69. The van der Waals surface area contributed by atoms with Gasteiger partial charge in [0.2, 0.25) is 0 Å². The molecule has 7 nitrogen and oxygen atoms in total. The number of aromatic hydroxyl groups is 1. The standard InChI is InChI=1S/C31H44N6O/c1-6-8-29(37-20-22(2)33-23(3)21-37)30-32-19-24-17-26(11-12-28(24)34-30)36-15-13-31(14-16-36,35(4)5)25-9-7-10-27(38)18-25/h7,9-12,17-19,22-23,29,33,38H,6,8,13-16,20-21H2,1-5H3/t22-,23+,29?. The Morgan fingerprint density at radius 2 is 1.82 bits per heavy atom. The summed E-state index contributed by atoms with van der Waals surface area (Å²) in [6, 6.07) is 15.6. The van der Waals surface area contributed by atoms with Gasteiger partial charge in [0.15, 0.2) is 0 Å². The van der Waals surface area contributed by atoms with E-state index in [1.807, 2.05) is 18.3 Å². The van der Waals surface area contributed by atoms with Crippen LogP contribution >= 0.6 is 0 Å². The van der Waals surface area contributed by atoms with Crippen LogP contribution < -0.4 is 10.2 Å². The fraction of sp³-hybridized carbons (Fsp3) is 0.548. The lowest BCUT2D eigenvalue weighted by Crippen LogP contribution is -2.55. The van der Waals surface area contributed by atoms with Crippen molar-refractivity contribution in [1.82, 2.24) is 25.1 Å². The number of nitrogens with zero attached hydrogens (tertiary/aromatic N) is 5. The molecule has 1 aromatic heterocycles. The number of anilines is 1. The van der Waals surface area contributed by atoms with E-state index < -0.39 is 0 Å². The summed E-state index contributed by atoms with van der Waals surface area (Å²) in [6.07, 6.45) is 6.21. The molecule has 1 unspecified atom stereocenters. The molecule has 2 aliphatic heterocycles. The highest BCUT2D eigenvalue weighted by Gasteiger charge is 2.38. The Hall–Kier alpha value is -2.74. The summed E-state index contributed by atoms with van der Waals surface area (Å²) in [5, 5.41) is 14.8. The highest BCUT2D eigenvalue weighted by Crippen LogP contribution is 2.40. The van der Waals surface area contributed by atoms with Gasteiger partial charge < -0.3 is 15.3 Å². The number of nitrogens with one attached hydrogen (secondary N) is 1. The Morgan fingerprint density at radius 1 is 1.08 bits per heavy atom. The molecule has 7 heteroatoms. The van der Waals surface area contributed by atoms with Crippen molar-refractivity contribution in [3.8, 4) is 5.75 Å². The molecule has 2 fully saturated rings. The summed E-state index contributed by atoms with van der Waals surface area (Å²) in [6.45, 7) is 10.7. The Bertz CT molecular complexity index is 1230. The van der Waals surface area contributed by atoms with Crippen molar-refractivity contribution in [3.63, 3.8) is 0 Å². The second-order valence-corrected chi connectivity index (χ2v) is 11.7. The topological polar surface area (TPSA) is 67.8 Å². The number of benzene rings is 2. The molecule has 0 amide bonds. The highest BCUT2D eigenvalue weighted by molar-refractivity contribution is 5.82. The molecule has 2 aliphatic rings. The van der Waals surface area contributed by atoms with E-state index in [-0.39, 0.29) is 11.6 Å². The molecule has 5 rings (SSSR count). The van der Waals surface area contributed by atoms with Crippen LogP contribution in [0.15, 0.2) is 48.7 Å². The molecule has 3 heterocycles. The lowest BCUT2D eigenvalue weighted by Gasteiger charge is -2.47. The van der Waals surface area contributed by atoms with E-state index in [2.05, 4.69) is 79.1 Å². The number of piperidine rings is 1. The van der Waals surface area contributed by atoms with Crippen molar-refractivity contribution in [2.75, 3.05) is 45.2 Å². The van der Waals surface area contributed by atoms with Gasteiger partial charge in [-0.05, 0) is 83.1 Å². The van der Waals surface area contributed by atoms with E-state index in [1.165, 1.54) is 11.3 Å². The number of rotatable bonds is 7. The lowest BCUT2D eigenvalue weighted by molar-refractivity contribution is 0.112. The van der Waals surface area contributed by atoms with Gasteiger partial charge in [-0.2, -0.15) is 0 Å². The first-order chi connectivity index (χ1) is 18.3. The Kier molecular flexibility index (Phi) is 7.89. The summed E-state index contributed by atoms with van der Waals surface area (Å²) < 4.78 is 0. The smallest absolute Gasteiger partial charge is 0.146 e. The number of phenols is 1. The van der Waals surface area contributed by atoms with Crippen LogP contribution in [-0.2, 0) is 5.54 Å². The molecule has 0 bridgehead atoms. The summed E-state index contributed by atoms with van der Waals surface area (Å²) in [4.78, 5) is 17.4. The number of piperazine rings is 1. The van der Waals surface area contributed by atoms with E-state index in [0.29, 0.717) is 17.8 Å². The molecular weight excluding hydrogens is 472 g/mol.